The molecule has 0 spiro atoms. The normalized spacial score (nSPS) is 12.3. The van der Waals surface area contributed by atoms with Gasteiger partial charge in [-0.2, -0.15) is 0 Å². The molecule has 1 aromatic heterocycles. The summed E-state index contributed by atoms with van der Waals surface area (Å²) < 4.78 is 0. The predicted octanol–water partition coefficient (Wildman–Crippen LogP) is 8.73. The Kier molecular flexibility index (Phi) is 10.6. The van der Waals surface area contributed by atoms with Crippen LogP contribution >= 0.6 is 0 Å². The van der Waals surface area contributed by atoms with Gasteiger partial charge in [0.25, 0.3) is 0 Å². The van der Waals surface area contributed by atoms with Crippen molar-refractivity contribution in [2.24, 2.45) is 9.98 Å². The number of aliphatic imine (C=N–C) groups is 2. The van der Waals surface area contributed by atoms with Crippen molar-refractivity contribution in [1.29, 1.82) is 0 Å². The summed E-state index contributed by atoms with van der Waals surface area (Å²) in [6.45, 7) is 17.4. The number of aryl methyl sites for hydroxylation is 2. The molecule has 3 aromatic rings. The van der Waals surface area contributed by atoms with Gasteiger partial charge in [0.05, 0.1) is 34.2 Å². The van der Waals surface area contributed by atoms with Gasteiger partial charge in [0.1, 0.15) is 0 Å². The Hall–Kier alpha value is -2.56. The van der Waals surface area contributed by atoms with Gasteiger partial charge in [0.2, 0.25) is 0 Å². The van der Waals surface area contributed by atoms with E-state index in [0.717, 1.165) is 47.0 Å². The molecule has 0 amide bonds. The number of pyridine rings is 1. The van der Waals surface area contributed by atoms with E-state index < -0.39 is 0 Å². The topological polar surface area (TPSA) is 37.6 Å². The smallest absolute Gasteiger partial charge is 0.0849 e. The zero-order chi connectivity index (χ0) is 24.8. The molecule has 35 heavy (non-hydrogen) atoms. The van der Waals surface area contributed by atoms with Crippen molar-refractivity contribution < 1.29 is 16.8 Å². The maximum absolute atomic E-state index is 5.08. The van der Waals surface area contributed by atoms with Crippen molar-refractivity contribution >= 4 is 22.8 Å². The van der Waals surface area contributed by atoms with Gasteiger partial charge in [-0.15, -0.1) is 0 Å². The van der Waals surface area contributed by atoms with Crippen molar-refractivity contribution in [1.82, 2.24) is 4.98 Å². The molecule has 1 heterocycles. The summed E-state index contributed by atoms with van der Waals surface area (Å²) in [4.78, 5) is 15.1. The second-order valence-electron chi connectivity index (χ2n) is 9.53. The molecule has 4 heteroatoms. The first-order valence-corrected chi connectivity index (χ1v) is 12.6. The molecular formula is C31H39CoN3. The minimum absolute atomic E-state index is 0. The summed E-state index contributed by atoms with van der Waals surface area (Å²) in [7, 11) is 0. The van der Waals surface area contributed by atoms with Crippen LogP contribution in [0.2, 0.25) is 0 Å². The van der Waals surface area contributed by atoms with Crippen LogP contribution in [0.4, 0.5) is 11.4 Å². The van der Waals surface area contributed by atoms with Crippen LogP contribution in [-0.4, -0.2) is 16.4 Å². The largest absolute Gasteiger partial charge is 0.251 e. The summed E-state index contributed by atoms with van der Waals surface area (Å²) in [6, 6.07) is 19.1. The van der Waals surface area contributed by atoms with E-state index in [1.54, 1.807) is 0 Å². The summed E-state index contributed by atoms with van der Waals surface area (Å²) in [5.41, 5.74) is 10.9. The van der Waals surface area contributed by atoms with E-state index in [1.165, 1.54) is 22.3 Å². The third kappa shape index (κ3) is 6.77. The molecule has 187 valence electrons. The average molecular weight is 513 g/mol. The Labute approximate surface area is 222 Å². The van der Waals surface area contributed by atoms with E-state index in [9.17, 15) is 0 Å². The predicted molar refractivity (Wildman–Crippen MR) is 148 cm³/mol. The van der Waals surface area contributed by atoms with Gasteiger partial charge in [-0.3, -0.25) is 9.98 Å². The Balaban J connectivity index is 0.00000432. The van der Waals surface area contributed by atoms with Gasteiger partial charge in [-0.25, -0.2) is 4.98 Å². The van der Waals surface area contributed by atoms with Crippen LogP contribution in [0.25, 0.3) is 0 Å². The van der Waals surface area contributed by atoms with E-state index in [-0.39, 0.29) is 16.8 Å². The quantitative estimate of drug-likeness (QED) is 0.278. The SMILES string of the molecule is CCc1cccc(C(C)C)c1N=C(C)c1cccc(C(C)=Nc2c(CC)cccc2C(C)C)n1.[Co]. The van der Waals surface area contributed by atoms with E-state index in [4.69, 9.17) is 15.0 Å². The third-order valence-electron chi connectivity index (χ3n) is 6.36. The van der Waals surface area contributed by atoms with Gasteiger partial charge in [0, 0.05) is 16.8 Å². The number of hydrogen-bond acceptors (Lipinski definition) is 3. The van der Waals surface area contributed by atoms with E-state index >= 15 is 0 Å². The molecule has 1 radical (unpaired) electrons. The molecule has 3 nitrogen and oxygen atoms in total. The Bertz CT molecular complexity index is 1110. The van der Waals surface area contributed by atoms with Crippen LogP contribution in [0.15, 0.2) is 64.6 Å². The van der Waals surface area contributed by atoms with Crippen LogP contribution < -0.4 is 0 Å². The van der Waals surface area contributed by atoms with Crippen molar-refractivity contribution in [3.05, 3.63) is 88.2 Å². The van der Waals surface area contributed by atoms with Crippen LogP contribution in [0, 0.1) is 0 Å². The van der Waals surface area contributed by atoms with Crippen LogP contribution in [0.5, 0.6) is 0 Å². The Morgan fingerprint density at radius 3 is 1.37 bits per heavy atom. The second-order valence-corrected chi connectivity index (χ2v) is 9.53. The van der Waals surface area contributed by atoms with Crippen molar-refractivity contribution in [2.75, 3.05) is 0 Å². The Morgan fingerprint density at radius 2 is 1.03 bits per heavy atom. The number of aromatic nitrogens is 1. The van der Waals surface area contributed by atoms with E-state index in [1.807, 2.05) is 12.1 Å². The molecule has 0 saturated carbocycles. The number of rotatable bonds is 8. The average Bonchev–Trinajstić information content (AvgIpc) is 2.83. The summed E-state index contributed by atoms with van der Waals surface area (Å²) >= 11 is 0. The second kappa shape index (κ2) is 12.9. The first-order valence-electron chi connectivity index (χ1n) is 12.6. The molecule has 0 saturated heterocycles. The summed E-state index contributed by atoms with van der Waals surface area (Å²) in [5.74, 6) is 0.834. The van der Waals surface area contributed by atoms with Gasteiger partial charge in [-0.1, -0.05) is 84.0 Å². The first kappa shape index (κ1) is 28.7. The summed E-state index contributed by atoms with van der Waals surface area (Å²) in [6.07, 6.45) is 1.92. The number of para-hydroxylation sites is 2. The standard InChI is InChI=1S/C31H39N3.Co/c1-9-24-14-11-16-26(20(3)4)30(24)32-22(7)28-18-13-19-29(34-28)23(8)33-31-25(10-2)15-12-17-27(31)21(5)6;/h11-21H,9-10H2,1-8H3;. The zero-order valence-corrected chi connectivity index (χ0v) is 23.5. The van der Waals surface area contributed by atoms with Crippen molar-refractivity contribution in [3.8, 4) is 0 Å². The minimum atomic E-state index is 0. The molecule has 3 rings (SSSR count). The molecule has 0 atom stereocenters. The fourth-order valence-corrected chi connectivity index (χ4v) is 4.29. The molecular weight excluding hydrogens is 473 g/mol. The van der Waals surface area contributed by atoms with Gasteiger partial charge >= 0.3 is 0 Å². The maximum Gasteiger partial charge on any atom is 0.0849 e. The van der Waals surface area contributed by atoms with Crippen molar-refractivity contribution in [2.45, 2.75) is 80.1 Å². The molecule has 0 bridgehead atoms. The maximum atomic E-state index is 5.08. The molecule has 2 aromatic carbocycles. The van der Waals surface area contributed by atoms with Crippen LogP contribution in [0.3, 0.4) is 0 Å². The first-order chi connectivity index (χ1) is 16.3. The third-order valence-corrected chi connectivity index (χ3v) is 6.36. The monoisotopic (exact) mass is 512 g/mol. The fraction of sp³-hybridized carbons (Fsp3) is 0.387. The van der Waals surface area contributed by atoms with Crippen molar-refractivity contribution in [3.63, 3.8) is 0 Å². The molecule has 0 aliphatic rings. The fourth-order valence-electron chi connectivity index (χ4n) is 4.29. The molecule has 0 N–H and O–H groups in total. The number of nitrogens with zero attached hydrogens (tertiary/aromatic N) is 3. The summed E-state index contributed by atoms with van der Waals surface area (Å²) in [5, 5.41) is 0. The van der Waals surface area contributed by atoms with Gasteiger partial charge < -0.3 is 0 Å². The van der Waals surface area contributed by atoms with E-state index in [2.05, 4.69) is 97.9 Å². The number of benzene rings is 2. The van der Waals surface area contributed by atoms with Gasteiger partial charge in [0.15, 0.2) is 0 Å². The van der Waals surface area contributed by atoms with Crippen LogP contribution in [0.1, 0.15) is 101 Å². The zero-order valence-electron chi connectivity index (χ0n) is 22.4. The Morgan fingerprint density at radius 1 is 0.657 bits per heavy atom. The van der Waals surface area contributed by atoms with Gasteiger partial charge in [-0.05, 0) is 72.9 Å². The van der Waals surface area contributed by atoms with E-state index in [0.29, 0.717) is 11.8 Å². The molecule has 0 unspecified atom stereocenters. The molecule has 0 aliphatic carbocycles. The molecule has 0 aliphatic heterocycles. The molecule has 0 fully saturated rings. The number of hydrogen-bond donors (Lipinski definition) is 0. The van der Waals surface area contributed by atoms with Crippen LogP contribution in [-0.2, 0) is 29.6 Å². The minimum Gasteiger partial charge on any atom is -0.251 e.